The van der Waals surface area contributed by atoms with Crippen LogP contribution in [0.4, 0.5) is 0 Å². The van der Waals surface area contributed by atoms with Crippen LogP contribution in [0.25, 0.3) is 0 Å². The van der Waals surface area contributed by atoms with E-state index in [0.29, 0.717) is 0 Å². The highest BCUT2D eigenvalue weighted by atomic mass is 16.2. The molecule has 2 amide bonds. The molecule has 0 bridgehead atoms. The number of dihydropyridines is 1. The number of nitrogens with zero attached hydrogens (tertiary/aromatic N) is 3. The molecule has 0 aromatic carbocycles. The third-order valence-electron chi connectivity index (χ3n) is 3.22. The first kappa shape index (κ1) is 12.0. The van der Waals surface area contributed by atoms with Gasteiger partial charge in [-0.25, -0.2) is 4.99 Å². The van der Waals surface area contributed by atoms with Crippen LogP contribution in [0.2, 0.25) is 0 Å². The first-order chi connectivity index (χ1) is 8.20. The maximum Gasteiger partial charge on any atom is 0.269 e. The van der Waals surface area contributed by atoms with E-state index in [1.54, 1.807) is 6.08 Å². The van der Waals surface area contributed by atoms with E-state index in [2.05, 4.69) is 16.8 Å². The topological polar surface area (TPSA) is 53.0 Å². The fourth-order valence-electron chi connectivity index (χ4n) is 2.07. The second-order valence-corrected chi connectivity index (χ2v) is 4.26. The van der Waals surface area contributed by atoms with Gasteiger partial charge < -0.3 is 9.80 Å². The standard InChI is InChI=1S/C12H17N3O2/c1-2-14-5-7-15(8-6-14)12(17)10-3-4-11(16)13-9-10/h3-4,9-10H,2,5-8H2,1H3. The maximum atomic E-state index is 12.1. The number of aliphatic imine (C=N–C) groups is 1. The highest BCUT2D eigenvalue weighted by Crippen LogP contribution is 2.10. The highest BCUT2D eigenvalue weighted by Gasteiger charge is 2.25. The molecule has 1 fully saturated rings. The zero-order valence-electron chi connectivity index (χ0n) is 10.0. The average Bonchev–Trinajstić information content (AvgIpc) is 2.39. The summed E-state index contributed by atoms with van der Waals surface area (Å²) in [6.07, 6.45) is 4.44. The molecule has 0 N–H and O–H groups in total. The second-order valence-electron chi connectivity index (χ2n) is 4.26. The van der Waals surface area contributed by atoms with Crippen LogP contribution in [0.5, 0.6) is 0 Å². The number of carbonyl (C=O) groups is 2. The van der Waals surface area contributed by atoms with Gasteiger partial charge in [0, 0.05) is 38.5 Å². The van der Waals surface area contributed by atoms with Gasteiger partial charge in [0.15, 0.2) is 0 Å². The number of piperazine rings is 1. The van der Waals surface area contributed by atoms with Crippen LogP contribution >= 0.6 is 0 Å². The molecule has 0 radical (unpaired) electrons. The zero-order chi connectivity index (χ0) is 12.3. The van der Waals surface area contributed by atoms with Crippen molar-refractivity contribution in [2.24, 2.45) is 10.9 Å². The normalized spacial score (nSPS) is 25.4. The molecule has 2 aliphatic rings. The molecule has 92 valence electrons. The number of hydrogen-bond donors (Lipinski definition) is 0. The van der Waals surface area contributed by atoms with Gasteiger partial charge in [0.1, 0.15) is 0 Å². The van der Waals surface area contributed by atoms with E-state index >= 15 is 0 Å². The van der Waals surface area contributed by atoms with Crippen LogP contribution in [-0.2, 0) is 9.59 Å². The summed E-state index contributed by atoms with van der Waals surface area (Å²) in [5, 5.41) is 0. The average molecular weight is 235 g/mol. The molecule has 2 aliphatic heterocycles. The van der Waals surface area contributed by atoms with Crippen LogP contribution in [-0.4, -0.2) is 60.6 Å². The van der Waals surface area contributed by atoms with Gasteiger partial charge >= 0.3 is 0 Å². The number of carbonyl (C=O) groups excluding carboxylic acids is 2. The summed E-state index contributed by atoms with van der Waals surface area (Å²) >= 11 is 0. The fraction of sp³-hybridized carbons (Fsp3) is 0.583. The summed E-state index contributed by atoms with van der Waals surface area (Å²) in [4.78, 5) is 30.8. The molecular formula is C12H17N3O2. The van der Waals surface area contributed by atoms with E-state index in [1.807, 2.05) is 4.90 Å². The predicted octanol–water partition coefficient (Wildman–Crippen LogP) is -0.0661. The van der Waals surface area contributed by atoms with E-state index in [4.69, 9.17) is 0 Å². The minimum Gasteiger partial charge on any atom is -0.339 e. The van der Waals surface area contributed by atoms with Crippen molar-refractivity contribution in [3.8, 4) is 0 Å². The van der Waals surface area contributed by atoms with Crippen molar-refractivity contribution in [3.63, 3.8) is 0 Å². The monoisotopic (exact) mass is 235 g/mol. The second kappa shape index (κ2) is 5.23. The summed E-state index contributed by atoms with van der Waals surface area (Å²) in [7, 11) is 0. The fourth-order valence-corrected chi connectivity index (χ4v) is 2.07. The Balaban J connectivity index is 1.91. The molecule has 1 unspecified atom stereocenters. The van der Waals surface area contributed by atoms with Gasteiger partial charge in [-0.15, -0.1) is 0 Å². The number of rotatable bonds is 2. The summed E-state index contributed by atoms with van der Waals surface area (Å²) in [6.45, 7) is 6.53. The lowest BCUT2D eigenvalue weighted by Crippen LogP contribution is -2.50. The van der Waals surface area contributed by atoms with Crippen molar-refractivity contribution in [3.05, 3.63) is 12.2 Å². The summed E-state index contributed by atoms with van der Waals surface area (Å²) in [5.74, 6) is -0.598. The molecule has 2 rings (SSSR count). The lowest BCUT2D eigenvalue weighted by Gasteiger charge is -2.35. The molecule has 0 aliphatic carbocycles. The lowest BCUT2D eigenvalue weighted by molar-refractivity contribution is -0.133. The van der Waals surface area contributed by atoms with Crippen LogP contribution in [0, 0.1) is 5.92 Å². The van der Waals surface area contributed by atoms with E-state index in [1.165, 1.54) is 12.3 Å². The van der Waals surface area contributed by atoms with E-state index in [-0.39, 0.29) is 17.7 Å². The molecule has 0 saturated carbocycles. The lowest BCUT2D eigenvalue weighted by atomic mass is 10.1. The van der Waals surface area contributed by atoms with Crippen LogP contribution in [0.3, 0.4) is 0 Å². The molecule has 1 saturated heterocycles. The van der Waals surface area contributed by atoms with Gasteiger partial charge in [-0.3, -0.25) is 9.59 Å². The molecular weight excluding hydrogens is 218 g/mol. The number of likely N-dealkylation sites (N-methyl/N-ethyl adjacent to an activating group) is 1. The first-order valence-electron chi connectivity index (χ1n) is 5.98. The quantitative estimate of drug-likeness (QED) is 0.673. The SMILES string of the molecule is CCN1CCN(C(=O)C2C=CC(=O)N=C2)CC1. The van der Waals surface area contributed by atoms with E-state index < -0.39 is 0 Å². The molecule has 5 nitrogen and oxygen atoms in total. The maximum absolute atomic E-state index is 12.1. The Kier molecular flexibility index (Phi) is 3.68. The predicted molar refractivity (Wildman–Crippen MR) is 64.8 cm³/mol. The van der Waals surface area contributed by atoms with Gasteiger partial charge in [-0.05, 0) is 6.54 Å². The van der Waals surface area contributed by atoms with Crippen molar-refractivity contribution in [1.82, 2.24) is 9.80 Å². The van der Waals surface area contributed by atoms with E-state index in [0.717, 1.165) is 32.7 Å². The summed E-state index contributed by atoms with van der Waals surface area (Å²) < 4.78 is 0. The van der Waals surface area contributed by atoms with Crippen molar-refractivity contribution < 1.29 is 9.59 Å². The Morgan fingerprint density at radius 1 is 1.41 bits per heavy atom. The summed E-state index contributed by atoms with van der Waals surface area (Å²) in [5.41, 5.74) is 0. The van der Waals surface area contributed by atoms with Crippen molar-refractivity contribution in [2.45, 2.75) is 6.92 Å². The zero-order valence-corrected chi connectivity index (χ0v) is 10.0. The number of amides is 2. The van der Waals surface area contributed by atoms with Gasteiger partial charge in [-0.1, -0.05) is 13.0 Å². The Bertz CT molecular complexity index is 352. The summed E-state index contributed by atoms with van der Waals surface area (Å²) in [6, 6.07) is 0. The molecule has 2 heterocycles. The van der Waals surface area contributed by atoms with Crippen LogP contribution in [0.1, 0.15) is 6.92 Å². The van der Waals surface area contributed by atoms with Gasteiger partial charge in [0.2, 0.25) is 5.91 Å². The molecule has 0 aromatic heterocycles. The molecule has 17 heavy (non-hydrogen) atoms. The molecule has 0 aromatic rings. The number of hydrogen-bond acceptors (Lipinski definition) is 3. The third kappa shape index (κ3) is 2.79. The minimum atomic E-state index is -0.360. The third-order valence-corrected chi connectivity index (χ3v) is 3.22. The van der Waals surface area contributed by atoms with Gasteiger partial charge in [0.25, 0.3) is 5.91 Å². The smallest absolute Gasteiger partial charge is 0.269 e. The molecule has 1 atom stereocenters. The highest BCUT2D eigenvalue weighted by molar-refractivity contribution is 6.05. The molecule has 5 heteroatoms. The van der Waals surface area contributed by atoms with Gasteiger partial charge in [-0.2, -0.15) is 0 Å². The Labute approximate surface area is 101 Å². The minimum absolute atomic E-state index is 0.0493. The first-order valence-corrected chi connectivity index (χ1v) is 5.98. The van der Waals surface area contributed by atoms with Crippen molar-refractivity contribution in [1.29, 1.82) is 0 Å². The van der Waals surface area contributed by atoms with Gasteiger partial charge in [0.05, 0.1) is 5.92 Å². The van der Waals surface area contributed by atoms with E-state index in [9.17, 15) is 9.59 Å². The Morgan fingerprint density at radius 3 is 2.65 bits per heavy atom. The van der Waals surface area contributed by atoms with Crippen LogP contribution in [0.15, 0.2) is 17.1 Å². The van der Waals surface area contributed by atoms with Crippen molar-refractivity contribution >= 4 is 18.0 Å². The largest absolute Gasteiger partial charge is 0.339 e. The molecule has 0 spiro atoms. The van der Waals surface area contributed by atoms with Crippen LogP contribution < -0.4 is 0 Å². The Morgan fingerprint density at radius 2 is 2.12 bits per heavy atom. The Hall–Kier alpha value is -1.49. The van der Waals surface area contributed by atoms with Crippen molar-refractivity contribution in [2.75, 3.05) is 32.7 Å².